The molecule has 0 nitrogen and oxygen atoms in total. The van der Waals surface area contributed by atoms with E-state index in [4.69, 9.17) is 0 Å². The Bertz CT molecular complexity index is 530. The van der Waals surface area contributed by atoms with Gasteiger partial charge in [-0.3, -0.25) is 0 Å². The first kappa shape index (κ1) is 10.8. The number of hydrogen-bond donors (Lipinski definition) is 0. The molecule has 82 valence electrons. The van der Waals surface area contributed by atoms with Gasteiger partial charge in [0.05, 0.1) is 0 Å². The predicted molar refractivity (Wildman–Crippen MR) is 61.3 cm³/mol. The highest BCUT2D eigenvalue weighted by Crippen LogP contribution is 2.27. The van der Waals surface area contributed by atoms with Crippen molar-refractivity contribution in [3.05, 3.63) is 59.2 Å². The topological polar surface area (TPSA) is 0 Å². The highest BCUT2D eigenvalue weighted by Gasteiger charge is 2.11. The summed E-state index contributed by atoms with van der Waals surface area (Å²) in [6.07, 6.45) is 0. The highest BCUT2D eigenvalue weighted by atomic mass is 19.1. The minimum Gasteiger partial charge on any atom is -0.206 e. The lowest BCUT2D eigenvalue weighted by molar-refractivity contribution is 0.611. The van der Waals surface area contributed by atoms with Crippen LogP contribution < -0.4 is 0 Å². The molecular weight excluding hydrogens is 206 g/mol. The average molecular weight is 218 g/mol. The van der Waals surface area contributed by atoms with Crippen LogP contribution in [0.5, 0.6) is 0 Å². The van der Waals surface area contributed by atoms with E-state index in [1.54, 1.807) is 37.3 Å². The van der Waals surface area contributed by atoms with Crippen LogP contribution in [0.3, 0.4) is 0 Å². The van der Waals surface area contributed by atoms with Crippen molar-refractivity contribution < 1.29 is 8.78 Å². The third-order valence-electron chi connectivity index (χ3n) is 2.60. The summed E-state index contributed by atoms with van der Waals surface area (Å²) in [4.78, 5) is 0. The van der Waals surface area contributed by atoms with Gasteiger partial charge in [-0.25, -0.2) is 8.78 Å². The zero-order chi connectivity index (χ0) is 11.7. The van der Waals surface area contributed by atoms with E-state index in [1.165, 1.54) is 6.07 Å². The van der Waals surface area contributed by atoms with E-state index in [0.29, 0.717) is 16.7 Å². The first-order valence-corrected chi connectivity index (χ1v) is 5.11. The van der Waals surface area contributed by atoms with Crippen molar-refractivity contribution in [3.63, 3.8) is 0 Å². The van der Waals surface area contributed by atoms with Crippen molar-refractivity contribution >= 4 is 0 Å². The SMILES string of the molecule is Cc1ccc(F)c(-c2cccc(C)c2F)c1. The average Bonchev–Trinajstić information content (AvgIpc) is 2.26. The zero-order valence-corrected chi connectivity index (χ0v) is 9.22. The van der Waals surface area contributed by atoms with E-state index in [1.807, 2.05) is 6.92 Å². The maximum atomic E-state index is 13.8. The van der Waals surface area contributed by atoms with Gasteiger partial charge < -0.3 is 0 Å². The van der Waals surface area contributed by atoms with Crippen LogP contribution in [0.25, 0.3) is 11.1 Å². The molecule has 0 amide bonds. The van der Waals surface area contributed by atoms with Gasteiger partial charge in [0.15, 0.2) is 0 Å². The van der Waals surface area contributed by atoms with Crippen molar-refractivity contribution in [1.82, 2.24) is 0 Å². The molecule has 2 heteroatoms. The molecule has 0 saturated carbocycles. The van der Waals surface area contributed by atoms with E-state index < -0.39 is 5.82 Å². The minimum atomic E-state index is -0.393. The second-order valence-corrected chi connectivity index (χ2v) is 3.92. The number of hydrogen-bond acceptors (Lipinski definition) is 0. The largest absolute Gasteiger partial charge is 0.206 e. The first-order chi connectivity index (χ1) is 7.59. The highest BCUT2D eigenvalue weighted by molar-refractivity contribution is 5.66. The lowest BCUT2D eigenvalue weighted by Gasteiger charge is -2.07. The third-order valence-corrected chi connectivity index (χ3v) is 2.60. The van der Waals surface area contributed by atoms with Gasteiger partial charge in [0.2, 0.25) is 0 Å². The van der Waals surface area contributed by atoms with Crippen LogP contribution in [0, 0.1) is 25.5 Å². The van der Waals surface area contributed by atoms with Crippen LogP contribution in [-0.2, 0) is 0 Å². The zero-order valence-electron chi connectivity index (χ0n) is 9.22. The summed E-state index contributed by atoms with van der Waals surface area (Å²) in [5.74, 6) is -0.748. The molecule has 0 aliphatic rings. The summed E-state index contributed by atoms with van der Waals surface area (Å²) in [5.41, 5.74) is 2.08. The lowest BCUT2D eigenvalue weighted by Crippen LogP contribution is -1.91. The molecule has 0 atom stereocenters. The fourth-order valence-electron chi connectivity index (χ4n) is 1.70. The number of benzene rings is 2. The molecule has 0 aromatic heterocycles. The molecule has 2 rings (SSSR count). The van der Waals surface area contributed by atoms with Crippen LogP contribution in [0.1, 0.15) is 11.1 Å². The summed E-state index contributed by atoms with van der Waals surface area (Å²) in [5, 5.41) is 0. The Morgan fingerprint density at radius 3 is 2.38 bits per heavy atom. The van der Waals surface area contributed by atoms with E-state index >= 15 is 0 Å². The maximum absolute atomic E-state index is 13.8. The fourth-order valence-corrected chi connectivity index (χ4v) is 1.70. The van der Waals surface area contributed by atoms with E-state index in [9.17, 15) is 8.78 Å². The van der Waals surface area contributed by atoms with Crippen LogP contribution in [0.4, 0.5) is 8.78 Å². The maximum Gasteiger partial charge on any atom is 0.134 e. The van der Waals surface area contributed by atoms with Gasteiger partial charge in [-0.2, -0.15) is 0 Å². The molecule has 0 saturated heterocycles. The molecule has 0 fully saturated rings. The van der Waals surface area contributed by atoms with Crippen molar-refractivity contribution in [3.8, 4) is 11.1 Å². The lowest BCUT2D eigenvalue weighted by atomic mass is 10.0. The molecule has 2 aromatic carbocycles. The molecule has 0 heterocycles. The van der Waals surface area contributed by atoms with Crippen LogP contribution in [0.2, 0.25) is 0 Å². The van der Waals surface area contributed by atoms with Crippen molar-refractivity contribution in [1.29, 1.82) is 0 Å². The van der Waals surface area contributed by atoms with Gasteiger partial charge in [0, 0.05) is 11.1 Å². The van der Waals surface area contributed by atoms with Crippen molar-refractivity contribution in [2.24, 2.45) is 0 Å². The molecule has 0 aliphatic carbocycles. The van der Waals surface area contributed by atoms with E-state index in [2.05, 4.69) is 0 Å². The first-order valence-electron chi connectivity index (χ1n) is 5.11. The third kappa shape index (κ3) is 1.83. The molecule has 0 bridgehead atoms. The van der Waals surface area contributed by atoms with E-state index in [0.717, 1.165) is 5.56 Å². The van der Waals surface area contributed by atoms with Crippen molar-refractivity contribution in [2.75, 3.05) is 0 Å². The van der Waals surface area contributed by atoms with Crippen LogP contribution in [0.15, 0.2) is 36.4 Å². The number of aryl methyl sites for hydroxylation is 2. The van der Waals surface area contributed by atoms with Gasteiger partial charge in [-0.1, -0.05) is 29.8 Å². The summed E-state index contributed by atoms with van der Waals surface area (Å²) in [6.45, 7) is 3.53. The van der Waals surface area contributed by atoms with Crippen LogP contribution in [-0.4, -0.2) is 0 Å². The quantitative estimate of drug-likeness (QED) is 0.671. The Hall–Kier alpha value is -1.70. The summed E-state index contributed by atoms with van der Waals surface area (Å²) >= 11 is 0. The Morgan fingerprint density at radius 1 is 0.875 bits per heavy atom. The number of rotatable bonds is 1. The molecule has 0 aliphatic heterocycles. The fraction of sp³-hybridized carbons (Fsp3) is 0.143. The van der Waals surface area contributed by atoms with Gasteiger partial charge >= 0.3 is 0 Å². The van der Waals surface area contributed by atoms with E-state index in [-0.39, 0.29) is 5.82 Å². The van der Waals surface area contributed by atoms with Gasteiger partial charge in [-0.15, -0.1) is 0 Å². The minimum absolute atomic E-state index is 0.321. The molecular formula is C14H12F2. The summed E-state index contributed by atoms with van der Waals surface area (Å²) in [6, 6.07) is 9.70. The Morgan fingerprint density at radius 2 is 1.62 bits per heavy atom. The molecule has 0 N–H and O–H groups in total. The summed E-state index contributed by atoms with van der Waals surface area (Å²) < 4.78 is 27.4. The Labute approximate surface area is 93.5 Å². The summed E-state index contributed by atoms with van der Waals surface area (Å²) in [7, 11) is 0. The molecule has 0 radical (unpaired) electrons. The Balaban J connectivity index is 2.67. The second-order valence-electron chi connectivity index (χ2n) is 3.92. The molecule has 2 aromatic rings. The normalized spacial score (nSPS) is 10.5. The Kier molecular flexibility index (Phi) is 2.73. The second kappa shape index (κ2) is 4.05. The molecule has 0 spiro atoms. The monoisotopic (exact) mass is 218 g/mol. The van der Waals surface area contributed by atoms with Gasteiger partial charge in [0.25, 0.3) is 0 Å². The molecule has 16 heavy (non-hydrogen) atoms. The smallest absolute Gasteiger partial charge is 0.134 e. The van der Waals surface area contributed by atoms with Crippen LogP contribution >= 0.6 is 0 Å². The van der Waals surface area contributed by atoms with Crippen molar-refractivity contribution in [2.45, 2.75) is 13.8 Å². The van der Waals surface area contributed by atoms with Gasteiger partial charge in [0.1, 0.15) is 11.6 Å². The predicted octanol–water partition coefficient (Wildman–Crippen LogP) is 4.25. The van der Waals surface area contributed by atoms with Gasteiger partial charge in [-0.05, 0) is 31.5 Å². The number of halogens is 2. The standard InChI is InChI=1S/C14H12F2/c1-9-6-7-13(15)12(8-9)11-5-3-4-10(2)14(11)16/h3-8H,1-2H3. The molecule has 0 unspecified atom stereocenters.